The summed E-state index contributed by atoms with van der Waals surface area (Å²) in [4.78, 5) is 26.2. The van der Waals surface area contributed by atoms with E-state index in [0.717, 1.165) is 12.2 Å². The van der Waals surface area contributed by atoms with Gasteiger partial charge in [0.05, 0.1) is 18.7 Å². The van der Waals surface area contributed by atoms with Crippen LogP contribution in [0.3, 0.4) is 0 Å². The van der Waals surface area contributed by atoms with Crippen molar-refractivity contribution in [2.45, 2.75) is 25.3 Å². The molecule has 0 spiro atoms. The quantitative estimate of drug-likeness (QED) is 0.880. The van der Waals surface area contributed by atoms with Crippen LogP contribution in [0.15, 0.2) is 53.1 Å². The van der Waals surface area contributed by atoms with Crippen LogP contribution in [0.5, 0.6) is 0 Å². The number of hydrogen-bond donors (Lipinski definition) is 1. The Morgan fingerprint density at radius 3 is 2.80 bits per heavy atom. The summed E-state index contributed by atoms with van der Waals surface area (Å²) in [5, 5.41) is 3.04. The van der Waals surface area contributed by atoms with Crippen LogP contribution in [0.2, 0.25) is 0 Å². The minimum absolute atomic E-state index is 0.00555. The molecule has 1 aromatic carbocycles. The van der Waals surface area contributed by atoms with E-state index in [1.54, 1.807) is 17.2 Å². The first-order chi connectivity index (χ1) is 12.2. The van der Waals surface area contributed by atoms with Gasteiger partial charge >= 0.3 is 0 Å². The smallest absolute Gasteiger partial charge is 0.225 e. The van der Waals surface area contributed by atoms with E-state index in [9.17, 15) is 9.59 Å². The molecule has 2 aliphatic rings. The number of carbonyl (C=O) groups excluding carboxylic acids is 2. The molecular formula is C20H22N2O3. The Bertz CT molecular complexity index is 742. The van der Waals surface area contributed by atoms with Gasteiger partial charge in [-0.15, -0.1) is 0 Å². The molecule has 2 aromatic rings. The van der Waals surface area contributed by atoms with Crippen LogP contribution in [0.1, 0.15) is 30.1 Å². The SMILES string of the molecule is O=C(NC[C@@H]1C[C@@H]1c1ccccc1)[C@@H]1CC(=O)N(Cc2ccco2)C1. The first-order valence-corrected chi connectivity index (χ1v) is 8.83. The highest BCUT2D eigenvalue weighted by molar-refractivity contribution is 5.89. The van der Waals surface area contributed by atoms with Gasteiger partial charge in [0, 0.05) is 19.5 Å². The fraction of sp³-hybridized carbons (Fsp3) is 0.400. The van der Waals surface area contributed by atoms with Gasteiger partial charge in [-0.2, -0.15) is 0 Å². The van der Waals surface area contributed by atoms with Crippen LogP contribution in [-0.4, -0.2) is 29.8 Å². The van der Waals surface area contributed by atoms with Gasteiger partial charge in [0.1, 0.15) is 5.76 Å². The van der Waals surface area contributed by atoms with Gasteiger partial charge in [-0.25, -0.2) is 0 Å². The number of benzene rings is 1. The topological polar surface area (TPSA) is 62.6 Å². The number of nitrogens with one attached hydrogen (secondary N) is 1. The number of amides is 2. The average Bonchev–Trinajstić information content (AvgIpc) is 3.04. The fourth-order valence-corrected chi connectivity index (χ4v) is 3.65. The zero-order valence-electron chi connectivity index (χ0n) is 14.1. The highest BCUT2D eigenvalue weighted by Crippen LogP contribution is 2.46. The fourth-order valence-electron chi connectivity index (χ4n) is 3.65. The largest absolute Gasteiger partial charge is 0.467 e. The van der Waals surface area contributed by atoms with Crippen LogP contribution in [0.25, 0.3) is 0 Å². The Balaban J connectivity index is 1.25. The molecule has 1 N–H and O–H groups in total. The van der Waals surface area contributed by atoms with Crippen LogP contribution < -0.4 is 5.32 Å². The summed E-state index contributed by atoms with van der Waals surface area (Å²) in [7, 11) is 0. The molecule has 0 unspecified atom stereocenters. The van der Waals surface area contributed by atoms with E-state index in [1.165, 1.54) is 5.56 Å². The lowest BCUT2D eigenvalue weighted by molar-refractivity contribution is -0.129. The Morgan fingerprint density at radius 2 is 2.04 bits per heavy atom. The maximum absolute atomic E-state index is 12.4. The molecule has 130 valence electrons. The van der Waals surface area contributed by atoms with E-state index in [1.807, 2.05) is 12.1 Å². The lowest BCUT2D eigenvalue weighted by atomic mass is 10.1. The summed E-state index contributed by atoms with van der Waals surface area (Å²) in [5.41, 5.74) is 1.35. The van der Waals surface area contributed by atoms with Crippen molar-refractivity contribution in [1.82, 2.24) is 10.2 Å². The average molecular weight is 338 g/mol. The number of carbonyl (C=O) groups is 2. The zero-order chi connectivity index (χ0) is 17.2. The summed E-state index contributed by atoms with van der Waals surface area (Å²) in [6.07, 6.45) is 3.01. The maximum atomic E-state index is 12.4. The lowest BCUT2D eigenvalue weighted by Crippen LogP contribution is -2.34. The van der Waals surface area contributed by atoms with Gasteiger partial charge in [-0.05, 0) is 36.0 Å². The van der Waals surface area contributed by atoms with Crippen LogP contribution in [0, 0.1) is 11.8 Å². The van der Waals surface area contributed by atoms with Crippen molar-refractivity contribution in [3.63, 3.8) is 0 Å². The molecule has 0 bridgehead atoms. The summed E-state index contributed by atoms with van der Waals surface area (Å²) in [5.74, 6) is 1.58. The number of nitrogens with zero attached hydrogens (tertiary/aromatic N) is 1. The first kappa shape index (κ1) is 15.9. The molecule has 0 radical (unpaired) electrons. The molecule has 2 amide bonds. The zero-order valence-corrected chi connectivity index (χ0v) is 14.1. The van der Waals surface area contributed by atoms with Crippen molar-refractivity contribution in [3.8, 4) is 0 Å². The van der Waals surface area contributed by atoms with E-state index < -0.39 is 0 Å². The van der Waals surface area contributed by atoms with Gasteiger partial charge in [0.25, 0.3) is 0 Å². The Morgan fingerprint density at radius 1 is 1.20 bits per heavy atom. The van der Waals surface area contributed by atoms with Crippen molar-refractivity contribution in [2.24, 2.45) is 11.8 Å². The molecular weight excluding hydrogens is 316 g/mol. The van der Waals surface area contributed by atoms with Gasteiger partial charge in [-0.3, -0.25) is 9.59 Å². The standard InChI is InChI=1S/C20H22N2O3/c23-19-10-16(12-22(19)13-17-7-4-8-25-17)20(24)21-11-15-9-18(15)14-5-2-1-3-6-14/h1-8,15-16,18H,9-13H2,(H,21,24)/t15-,16+,18+/m0/s1. The van der Waals surface area contributed by atoms with Crippen molar-refractivity contribution >= 4 is 11.8 Å². The molecule has 5 nitrogen and oxygen atoms in total. The highest BCUT2D eigenvalue weighted by Gasteiger charge is 2.39. The summed E-state index contributed by atoms with van der Waals surface area (Å²) in [6.45, 7) is 1.60. The van der Waals surface area contributed by atoms with Crippen molar-refractivity contribution in [1.29, 1.82) is 0 Å². The van der Waals surface area contributed by atoms with Gasteiger partial charge in [0.15, 0.2) is 0 Å². The third-order valence-corrected chi connectivity index (χ3v) is 5.20. The Hall–Kier alpha value is -2.56. The van der Waals surface area contributed by atoms with Gasteiger partial charge in [-0.1, -0.05) is 30.3 Å². The first-order valence-electron chi connectivity index (χ1n) is 8.83. The van der Waals surface area contributed by atoms with Crippen LogP contribution >= 0.6 is 0 Å². The van der Waals surface area contributed by atoms with E-state index in [0.29, 0.717) is 37.9 Å². The Kier molecular flexibility index (Phi) is 4.30. The number of likely N-dealkylation sites (tertiary alicyclic amines) is 1. The molecule has 2 fully saturated rings. The van der Waals surface area contributed by atoms with E-state index >= 15 is 0 Å². The summed E-state index contributed by atoms with van der Waals surface area (Å²) >= 11 is 0. The van der Waals surface area contributed by atoms with Crippen molar-refractivity contribution in [2.75, 3.05) is 13.1 Å². The van der Waals surface area contributed by atoms with E-state index in [2.05, 4.69) is 29.6 Å². The van der Waals surface area contributed by atoms with Crippen LogP contribution in [-0.2, 0) is 16.1 Å². The van der Waals surface area contributed by atoms with E-state index in [-0.39, 0.29) is 17.7 Å². The van der Waals surface area contributed by atoms with Gasteiger partial charge < -0.3 is 14.6 Å². The molecule has 25 heavy (non-hydrogen) atoms. The highest BCUT2D eigenvalue weighted by atomic mass is 16.3. The number of furan rings is 1. The second-order valence-electron chi connectivity index (χ2n) is 7.01. The molecule has 1 aliphatic heterocycles. The van der Waals surface area contributed by atoms with Gasteiger partial charge in [0.2, 0.25) is 11.8 Å². The third kappa shape index (κ3) is 3.60. The van der Waals surface area contributed by atoms with E-state index in [4.69, 9.17) is 4.42 Å². The molecule has 1 saturated carbocycles. The summed E-state index contributed by atoms with van der Waals surface area (Å²) in [6, 6.07) is 14.1. The molecule has 5 heteroatoms. The monoisotopic (exact) mass is 338 g/mol. The molecule has 2 heterocycles. The minimum Gasteiger partial charge on any atom is -0.467 e. The Labute approximate surface area is 147 Å². The second kappa shape index (κ2) is 6.75. The molecule has 3 atom stereocenters. The lowest BCUT2D eigenvalue weighted by Gasteiger charge is -2.15. The van der Waals surface area contributed by atoms with Crippen molar-refractivity contribution < 1.29 is 14.0 Å². The van der Waals surface area contributed by atoms with Crippen molar-refractivity contribution in [3.05, 3.63) is 60.1 Å². The third-order valence-electron chi connectivity index (χ3n) is 5.20. The number of rotatable bonds is 6. The maximum Gasteiger partial charge on any atom is 0.225 e. The molecule has 4 rings (SSSR count). The van der Waals surface area contributed by atoms with Crippen LogP contribution in [0.4, 0.5) is 0 Å². The molecule has 1 aliphatic carbocycles. The molecule has 1 aromatic heterocycles. The predicted molar refractivity (Wildman–Crippen MR) is 92.5 cm³/mol. The normalized spacial score (nSPS) is 25.2. The minimum atomic E-state index is -0.253. The second-order valence-corrected chi connectivity index (χ2v) is 7.01. The summed E-state index contributed by atoms with van der Waals surface area (Å²) < 4.78 is 5.29. The predicted octanol–water partition coefficient (Wildman–Crippen LogP) is 2.55. The number of hydrogen-bond acceptors (Lipinski definition) is 3. The molecule has 1 saturated heterocycles.